The fourth-order valence-corrected chi connectivity index (χ4v) is 0.885. The van der Waals surface area contributed by atoms with Crippen LogP contribution < -0.4 is 0 Å². The molecule has 0 aromatic carbocycles. The van der Waals surface area contributed by atoms with Crippen LogP contribution in [0, 0.1) is 0 Å². The SMILES string of the molecule is CC(O)Cn1ccc(C(F)(F)F)n1. The number of rotatable bonds is 2. The average molecular weight is 194 g/mol. The van der Waals surface area contributed by atoms with Crippen LogP contribution in [0.2, 0.25) is 0 Å². The third-order valence-electron chi connectivity index (χ3n) is 1.38. The molecule has 13 heavy (non-hydrogen) atoms. The molecule has 0 aliphatic rings. The average Bonchev–Trinajstić information content (AvgIpc) is 2.32. The van der Waals surface area contributed by atoms with E-state index in [-0.39, 0.29) is 6.54 Å². The Labute approximate surface area is 72.8 Å². The summed E-state index contributed by atoms with van der Waals surface area (Å²) in [6.07, 6.45) is -3.93. The number of aromatic nitrogens is 2. The largest absolute Gasteiger partial charge is 0.435 e. The Morgan fingerprint density at radius 1 is 1.62 bits per heavy atom. The fraction of sp³-hybridized carbons (Fsp3) is 0.571. The maximum absolute atomic E-state index is 12.0. The minimum absolute atomic E-state index is 0.0656. The lowest BCUT2D eigenvalue weighted by Gasteiger charge is -2.04. The number of hydrogen-bond acceptors (Lipinski definition) is 2. The van der Waals surface area contributed by atoms with Gasteiger partial charge < -0.3 is 5.11 Å². The smallest absolute Gasteiger partial charge is 0.391 e. The highest BCUT2D eigenvalue weighted by Gasteiger charge is 2.33. The van der Waals surface area contributed by atoms with Gasteiger partial charge in [0, 0.05) is 6.20 Å². The van der Waals surface area contributed by atoms with Gasteiger partial charge in [0.1, 0.15) is 0 Å². The molecule has 1 aromatic rings. The third kappa shape index (κ3) is 2.73. The molecule has 0 aliphatic heterocycles. The standard InChI is InChI=1S/C7H9F3N2O/c1-5(13)4-12-3-2-6(11-12)7(8,9)10/h2-3,5,13H,4H2,1H3. The summed E-state index contributed by atoms with van der Waals surface area (Å²) in [6.45, 7) is 1.55. The van der Waals surface area contributed by atoms with Crippen molar-refractivity contribution in [3.8, 4) is 0 Å². The molecule has 0 bridgehead atoms. The Morgan fingerprint density at radius 2 is 2.23 bits per heavy atom. The summed E-state index contributed by atoms with van der Waals surface area (Å²) >= 11 is 0. The van der Waals surface area contributed by atoms with Crippen molar-refractivity contribution >= 4 is 0 Å². The molecule has 1 unspecified atom stereocenters. The predicted octanol–water partition coefficient (Wildman–Crippen LogP) is 1.28. The van der Waals surface area contributed by atoms with Crippen LogP contribution in [0.15, 0.2) is 12.3 Å². The van der Waals surface area contributed by atoms with E-state index in [4.69, 9.17) is 5.11 Å². The lowest BCUT2D eigenvalue weighted by atomic mass is 10.4. The van der Waals surface area contributed by atoms with E-state index in [2.05, 4.69) is 5.10 Å². The van der Waals surface area contributed by atoms with Crippen LogP contribution in [-0.2, 0) is 12.7 Å². The minimum atomic E-state index is -4.41. The first-order valence-corrected chi connectivity index (χ1v) is 3.68. The van der Waals surface area contributed by atoms with E-state index in [1.807, 2.05) is 0 Å². The predicted molar refractivity (Wildman–Crippen MR) is 38.9 cm³/mol. The summed E-state index contributed by atoms with van der Waals surface area (Å²) in [5.41, 5.74) is -0.937. The second kappa shape index (κ2) is 3.37. The van der Waals surface area contributed by atoms with Crippen molar-refractivity contribution in [2.24, 2.45) is 0 Å². The Bertz CT molecular complexity index is 280. The summed E-state index contributed by atoms with van der Waals surface area (Å²) in [5.74, 6) is 0. The molecule has 0 saturated heterocycles. The quantitative estimate of drug-likeness (QED) is 0.770. The highest BCUT2D eigenvalue weighted by atomic mass is 19.4. The molecule has 0 spiro atoms. The van der Waals surface area contributed by atoms with E-state index in [0.29, 0.717) is 0 Å². The summed E-state index contributed by atoms with van der Waals surface area (Å²) in [7, 11) is 0. The molecule has 1 rings (SSSR count). The number of halogens is 3. The number of aliphatic hydroxyl groups is 1. The van der Waals surface area contributed by atoms with Crippen LogP contribution in [0.3, 0.4) is 0 Å². The van der Waals surface area contributed by atoms with Crippen molar-refractivity contribution in [2.75, 3.05) is 0 Å². The Balaban J connectivity index is 2.75. The highest BCUT2D eigenvalue weighted by molar-refractivity contribution is 5.03. The second-order valence-corrected chi connectivity index (χ2v) is 2.77. The van der Waals surface area contributed by atoms with E-state index < -0.39 is 18.0 Å². The molecular formula is C7H9F3N2O. The van der Waals surface area contributed by atoms with Gasteiger partial charge in [0.25, 0.3) is 0 Å². The Morgan fingerprint density at radius 3 is 2.62 bits per heavy atom. The Kier molecular flexibility index (Phi) is 2.60. The van der Waals surface area contributed by atoms with Crippen molar-refractivity contribution < 1.29 is 18.3 Å². The summed E-state index contributed by atoms with van der Waals surface area (Å²) in [6, 6.07) is 0.877. The fourth-order valence-electron chi connectivity index (χ4n) is 0.885. The van der Waals surface area contributed by atoms with E-state index in [9.17, 15) is 13.2 Å². The lowest BCUT2D eigenvalue weighted by molar-refractivity contribution is -0.141. The molecule has 0 fully saturated rings. The maximum atomic E-state index is 12.0. The van der Waals surface area contributed by atoms with Crippen LogP contribution in [0.1, 0.15) is 12.6 Å². The Hall–Kier alpha value is -1.04. The van der Waals surface area contributed by atoms with Gasteiger partial charge in [-0.15, -0.1) is 0 Å². The molecule has 1 N–H and O–H groups in total. The minimum Gasteiger partial charge on any atom is -0.391 e. The number of hydrogen-bond donors (Lipinski definition) is 1. The molecule has 1 heterocycles. The normalized spacial score (nSPS) is 14.5. The topological polar surface area (TPSA) is 38.0 Å². The molecule has 0 amide bonds. The molecule has 74 valence electrons. The van der Waals surface area contributed by atoms with Crippen LogP contribution in [0.25, 0.3) is 0 Å². The van der Waals surface area contributed by atoms with Gasteiger partial charge >= 0.3 is 6.18 Å². The third-order valence-corrected chi connectivity index (χ3v) is 1.38. The zero-order valence-electron chi connectivity index (χ0n) is 6.91. The van der Waals surface area contributed by atoms with Crippen LogP contribution in [0.5, 0.6) is 0 Å². The van der Waals surface area contributed by atoms with Crippen molar-refractivity contribution in [2.45, 2.75) is 25.7 Å². The van der Waals surface area contributed by atoms with Crippen LogP contribution in [-0.4, -0.2) is 21.0 Å². The summed E-state index contributed by atoms with van der Waals surface area (Å²) < 4.78 is 37.1. The van der Waals surface area contributed by atoms with Gasteiger partial charge in [0.15, 0.2) is 5.69 Å². The van der Waals surface area contributed by atoms with Crippen LogP contribution in [0.4, 0.5) is 13.2 Å². The maximum Gasteiger partial charge on any atom is 0.435 e. The van der Waals surface area contributed by atoms with Gasteiger partial charge in [-0.05, 0) is 13.0 Å². The molecule has 0 saturated carbocycles. The molecule has 6 heteroatoms. The number of nitrogens with zero attached hydrogens (tertiary/aromatic N) is 2. The first-order valence-electron chi connectivity index (χ1n) is 3.68. The molecule has 0 radical (unpaired) electrons. The number of alkyl halides is 3. The van der Waals surface area contributed by atoms with Crippen LogP contribution >= 0.6 is 0 Å². The first-order chi connectivity index (χ1) is 5.89. The zero-order chi connectivity index (χ0) is 10.1. The monoisotopic (exact) mass is 194 g/mol. The molecule has 3 nitrogen and oxygen atoms in total. The highest BCUT2D eigenvalue weighted by Crippen LogP contribution is 2.27. The summed E-state index contributed by atoms with van der Waals surface area (Å²) in [4.78, 5) is 0. The van der Waals surface area contributed by atoms with Gasteiger partial charge in [-0.1, -0.05) is 0 Å². The zero-order valence-corrected chi connectivity index (χ0v) is 6.91. The molecule has 0 aliphatic carbocycles. The van der Waals surface area contributed by atoms with Gasteiger partial charge in [-0.2, -0.15) is 18.3 Å². The van der Waals surface area contributed by atoms with E-state index in [0.717, 1.165) is 10.7 Å². The molecular weight excluding hydrogens is 185 g/mol. The second-order valence-electron chi connectivity index (χ2n) is 2.77. The van der Waals surface area contributed by atoms with E-state index in [1.54, 1.807) is 0 Å². The number of aliphatic hydroxyl groups excluding tert-OH is 1. The molecule has 1 atom stereocenters. The van der Waals surface area contributed by atoms with Crippen molar-refractivity contribution in [1.82, 2.24) is 9.78 Å². The van der Waals surface area contributed by atoms with Gasteiger partial charge in [0.05, 0.1) is 12.6 Å². The van der Waals surface area contributed by atoms with Gasteiger partial charge in [-0.25, -0.2) is 0 Å². The van der Waals surface area contributed by atoms with Gasteiger partial charge in [0.2, 0.25) is 0 Å². The van der Waals surface area contributed by atoms with Gasteiger partial charge in [-0.3, -0.25) is 4.68 Å². The first kappa shape index (κ1) is 10.0. The van der Waals surface area contributed by atoms with E-state index in [1.165, 1.54) is 13.1 Å². The molecule has 1 aromatic heterocycles. The van der Waals surface area contributed by atoms with Crippen molar-refractivity contribution in [1.29, 1.82) is 0 Å². The lowest BCUT2D eigenvalue weighted by Crippen LogP contribution is -2.14. The van der Waals surface area contributed by atoms with E-state index >= 15 is 0 Å². The van der Waals surface area contributed by atoms with Crippen molar-refractivity contribution in [3.05, 3.63) is 18.0 Å². The summed E-state index contributed by atoms with van der Waals surface area (Å²) in [5, 5.41) is 12.1. The van der Waals surface area contributed by atoms with Crippen molar-refractivity contribution in [3.63, 3.8) is 0 Å².